The van der Waals surface area contributed by atoms with Gasteiger partial charge < -0.3 is 25.3 Å². The number of nitrogens with one attached hydrogen (secondary N) is 2. The predicted molar refractivity (Wildman–Crippen MR) is 161 cm³/mol. The predicted octanol–water partition coefficient (Wildman–Crippen LogP) is 5.34. The third-order valence-electron chi connectivity index (χ3n) is 5.87. The summed E-state index contributed by atoms with van der Waals surface area (Å²) >= 11 is 0.968. The number of rotatable bonds is 9. The van der Waals surface area contributed by atoms with Crippen molar-refractivity contribution in [2.45, 2.75) is 38.0 Å². The van der Waals surface area contributed by atoms with Gasteiger partial charge in [0, 0.05) is 18.8 Å². The van der Waals surface area contributed by atoms with Gasteiger partial charge in [-0.05, 0) is 81.3 Å². The Hall–Kier alpha value is -4.71. The number of carbonyl (C=O) groups excluding carboxylic acids is 4. The fraction of sp³-hybridized carbons (Fsp3) is 0.267. The number of nitrogens with two attached hydrogens (primary N) is 1. The second-order valence-electron chi connectivity index (χ2n) is 10.5. The van der Waals surface area contributed by atoms with E-state index in [9.17, 15) is 19.2 Å². The smallest absolute Gasteiger partial charge is 0.414 e. The highest BCUT2D eigenvalue weighted by Crippen LogP contribution is 2.33. The molecule has 0 aromatic heterocycles. The van der Waals surface area contributed by atoms with E-state index in [0.717, 1.165) is 17.3 Å². The van der Waals surface area contributed by atoms with Crippen LogP contribution in [0.25, 0.3) is 0 Å². The molecule has 4 N–H and O–H groups in total. The van der Waals surface area contributed by atoms with Crippen LogP contribution < -0.4 is 30.7 Å². The van der Waals surface area contributed by atoms with Gasteiger partial charge in [-0.2, -0.15) is 0 Å². The van der Waals surface area contributed by atoms with Gasteiger partial charge in [-0.15, -0.1) is 0 Å². The average molecular weight is 593 g/mol. The van der Waals surface area contributed by atoms with E-state index in [0.29, 0.717) is 40.7 Å². The third kappa shape index (κ3) is 8.40. The molecule has 1 unspecified atom stereocenters. The Morgan fingerprint density at radius 3 is 2.24 bits per heavy atom. The van der Waals surface area contributed by atoms with Gasteiger partial charge in [0.25, 0.3) is 11.1 Å². The quantitative estimate of drug-likeness (QED) is 0.280. The first-order valence-corrected chi connectivity index (χ1v) is 13.9. The molecule has 1 atom stereocenters. The molecule has 11 nitrogen and oxygen atoms in total. The molecule has 1 saturated heterocycles. The summed E-state index contributed by atoms with van der Waals surface area (Å²) in [6.07, 6.45) is -0.216. The minimum Gasteiger partial charge on any atom is -0.484 e. The Morgan fingerprint density at radius 2 is 1.62 bits per heavy atom. The van der Waals surface area contributed by atoms with Crippen molar-refractivity contribution >= 4 is 52.0 Å². The summed E-state index contributed by atoms with van der Waals surface area (Å²) in [7, 11) is 1.54. The standard InChI is InChI=1S/C30H32N4O7S/c1-30(2,3)41-29(38)34(4)24-16-22(40-21-11-7-19(31)8-12-21)13-14-23(24)32-26(35)17-39-20-9-5-18(6-10-20)15-25-27(36)33-28(37)42-25/h5-14,16,25H,15,17,31H2,1-4H3,(H,32,35)(H,33,36,37). The fourth-order valence-corrected chi connectivity index (χ4v) is 4.72. The number of imide groups is 1. The summed E-state index contributed by atoms with van der Waals surface area (Å²) in [6.45, 7) is 4.99. The molecule has 0 bridgehead atoms. The van der Waals surface area contributed by atoms with E-state index < -0.39 is 22.9 Å². The lowest BCUT2D eigenvalue weighted by Gasteiger charge is -2.26. The Morgan fingerprint density at radius 1 is 0.976 bits per heavy atom. The number of ether oxygens (including phenoxy) is 3. The lowest BCUT2D eigenvalue weighted by molar-refractivity contribution is -0.119. The van der Waals surface area contributed by atoms with Gasteiger partial charge in [0.05, 0.1) is 16.6 Å². The van der Waals surface area contributed by atoms with Crippen LogP contribution in [0.2, 0.25) is 0 Å². The van der Waals surface area contributed by atoms with Crippen molar-refractivity contribution < 1.29 is 33.4 Å². The normalized spacial score (nSPS) is 14.6. The zero-order valence-corrected chi connectivity index (χ0v) is 24.4. The molecule has 1 aliphatic heterocycles. The van der Waals surface area contributed by atoms with Crippen LogP contribution in [0, 0.1) is 0 Å². The molecular weight excluding hydrogens is 560 g/mol. The zero-order valence-electron chi connectivity index (χ0n) is 23.6. The Labute approximate surface area is 247 Å². The van der Waals surface area contributed by atoms with Crippen molar-refractivity contribution in [1.29, 1.82) is 0 Å². The summed E-state index contributed by atoms with van der Waals surface area (Å²) in [4.78, 5) is 50.2. The van der Waals surface area contributed by atoms with Crippen LogP contribution in [0.5, 0.6) is 17.2 Å². The summed E-state index contributed by atoms with van der Waals surface area (Å²) in [5.41, 5.74) is 7.17. The van der Waals surface area contributed by atoms with Gasteiger partial charge >= 0.3 is 6.09 Å². The van der Waals surface area contributed by atoms with Crippen LogP contribution in [-0.2, 0) is 20.7 Å². The van der Waals surface area contributed by atoms with Crippen LogP contribution in [0.15, 0.2) is 66.7 Å². The number of anilines is 3. The number of hydrogen-bond donors (Lipinski definition) is 3. The Balaban J connectivity index is 1.43. The van der Waals surface area contributed by atoms with Crippen LogP contribution in [-0.4, -0.2) is 47.7 Å². The maximum atomic E-state index is 12.9. The molecule has 1 heterocycles. The Bertz CT molecular complexity index is 1470. The third-order valence-corrected chi connectivity index (χ3v) is 6.85. The zero-order chi connectivity index (χ0) is 30.4. The van der Waals surface area contributed by atoms with Crippen molar-refractivity contribution in [2.24, 2.45) is 0 Å². The van der Waals surface area contributed by atoms with Crippen LogP contribution in [0.1, 0.15) is 26.3 Å². The SMILES string of the molecule is CN(C(=O)OC(C)(C)C)c1cc(Oc2ccc(N)cc2)ccc1NC(=O)COc1ccc(CC2SC(=O)NC2=O)cc1. The van der Waals surface area contributed by atoms with E-state index in [1.54, 1.807) is 87.5 Å². The average Bonchev–Trinajstić information content (AvgIpc) is 3.25. The molecule has 0 radical (unpaired) electrons. The number of nitrogen functional groups attached to an aromatic ring is 1. The highest BCUT2D eigenvalue weighted by atomic mass is 32.2. The van der Waals surface area contributed by atoms with Crippen LogP contribution in [0.3, 0.4) is 0 Å². The molecule has 0 saturated carbocycles. The highest BCUT2D eigenvalue weighted by molar-refractivity contribution is 8.15. The van der Waals surface area contributed by atoms with E-state index in [4.69, 9.17) is 19.9 Å². The van der Waals surface area contributed by atoms with Crippen LogP contribution >= 0.6 is 11.8 Å². The van der Waals surface area contributed by atoms with E-state index >= 15 is 0 Å². The number of hydrogen-bond acceptors (Lipinski definition) is 9. The summed E-state index contributed by atoms with van der Waals surface area (Å²) < 4.78 is 17.1. The van der Waals surface area contributed by atoms with E-state index in [2.05, 4.69) is 10.6 Å². The summed E-state index contributed by atoms with van der Waals surface area (Å²) in [5.74, 6) is 0.667. The number of nitrogens with zero attached hydrogens (tertiary/aromatic N) is 1. The summed E-state index contributed by atoms with van der Waals surface area (Å²) in [6, 6.07) is 18.7. The first kappa shape index (κ1) is 30.3. The highest BCUT2D eigenvalue weighted by Gasteiger charge is 2.31. The molecule has 4 amide bonds. The fourth-order valence-electron chi connectivity index (χ4n) is 3.86. The first-order valence-electron chi connectivity index (χ1n) is 13.0. The number of carbonyl (C=O) groups is 4. The molecule has 0 spiro atoms. The van der Waals surface area contributed by atoms with E-state index in [1.807, 2.05) is 0 Å². The summed E-state index contributed by atoms with van der Waals surface area (Å²) in [5, 5.41) is 4.24. The minimum absolute atomic E-state index is 0.298. The molecule has 0 aliphatic carbocycles. The van der Waals surface area contributed by atoms with Gasteiger partial charge in [0.15, 0.2) is 6.61 Å². The number of thioether (sulfide) groups is 1. The molecular formula is C30H32N4O7S. The van der Waals surface area contributed by atoms with Gasteiger partial charge in [0.2, 0.25) is 5.91 Å². The lowest BCUT2D eigenvalue weighted by Crippen LogP contribution is -2.34. The molecule has 3 aromatic rings. The number of benzene rings is 3. The van der Waals surface area contributed by atoms with Crippen molar-refractivity contribution in [3.05, 3.63) is 72.3 Å². The molecule has 4 rings (SSSR count). The molecule has 220 valence electrons. The Kier molecular flexibility index (Phi) is 9.26. The maximum Gasteiger partial charge on any atom is 0.414 e. The molecule has 12 heteroatoms. The van der Waals surface area contributed by atoms with Gasteiger partial charge in [0.1, 0.15) is 22.8 Å². The van der Waals surface area contributed by atoms with E-state index in [-0.39, 0.29) is 17.8 Å². The molecule has 3 aromatic carbocycles. The molecule has 42 heavy (non-hydrogen) atoms. The van der Waals surface area contributed by atoms with E-state index in [1.165, 1.54) is 11.9 Å². The van der Waals surface area contributed by atoms with Gasteiger partial charge in [-0.25, -0.2) is 4.79 Å². The largest absolute Gasteiger partial charge is 0.484 e. The minimum atomic E-state index is -0.726. The first-order chi connectivity index (χ1) is 19.9. The van der Waals surface area contributed by atoms with Crippen molar-refractivity contribution in [3.63, 3.8) is 0 Å². The lowest BCUT2D eigenvalue weighted by atomic mass is 10.1. The van der Waals surface area contributed by atoms with Crippen molar-refractivity contribution in [3.8, 4) is 17.2 Å². The van der Waals surface area contributed by atoms with Crippen molar-refractivity contribution in [2.75, 3.05) is 29.6 Å². The second kappa shape index (κ2) is 12.9. The van der Waals surface area contributed by atoms with Gasteiger partial charge in [-0.3, -0.25) is 24.6 Å². The molecule has 1 fully saturated rings. The second-order valence-corrected chi connectivity index (χ2v) is 11.6. The number of amides is 4. The van der Waals surface area contributed by atoms with Crippen LogP contribution in [0.4, 0.5) is 26.7 Å². The monoisotopic (exact) mass is 592 g/mol. The van der Waals surface area contributed by atoms with Gasteiger partial charge in [-0.1, -0.05) is 23.9 Å². The molecule has 1 aliphatic rings. The topological polar surface area (TPSA) is 149 Å². The van der Waals surface area contributed by atoms with Crippen molar-refractivity contribution in [1.82, 2.24) is 5.32 Å². The maximum absolute atomic E-state index is 12.9.